The summed E-state index contributed by atoms with van der Waals surface area (Å²) in [7, 11) is 0. The minimum absolute atomic E-state index is 0.154. The zero-order chi connectivity index (χ0) is 16.4. The van der Waals surface area contributed by atoms with Gasteiger partial charge in [0.2, 0.25) is 0 Å². The largest absolute Gasteiger partial charge is 0.393 e. The highest BCUT2D eigenvalue weighted by Crippen LogP contribution is 2.64. The van der Waals surface area contributed by atoms with Gasteiger partial charge >= 0.3 is 0 Å². The average Bonchev–Trinajstić information content (AvgIpc) is 2.79. The third-order valence-electron chi connectivity index (χ3n) is 8.04. The Labute approximate surface area is 139 Å². The molecule has 0 aromatic heterocycles. The molecule has 0 unspecified atom stereocenters. The van der Waals surface area contributed by atoms with E-state index in [-0.39, 0.29) is 22.9 Å². The number of ketones is 1. The number of fused-ring (bicyclic) bond motifs is 5. The highest BCUT2D eigenvalue weighted by molar-refractivity contribution is 5.91. The lowest BCUT2D eigenvalue weighted by Gasteiger charge is -2.56. The van der Waals surface area contributed by atoms with Crippen LogP contribution in [0.3, 0.4) is 0 Å². The van der Waals surface area contributed by atoms with E-state index in [1.807, 2.05) is 0 Å². The van der Waals surface area contributed by atoms with E-state index in [9.17, 15) is 9.90 Å². The second-order valence-corrected chi connectivity index (χ2v) is 8.93. The Hall–Kier alpha value is -1.07. The minimum Gasteiger partial charge on any atom is -0.393 e. The predicted molar refractivity (Wildman–Crippen MR) is 90.4 cm³/mol. The van der Waals surface area contributed by atoms with Crippen LogP contribution in [-0.4, -0.2) is 17.0 Å². The number of terminal acetylenes is 1. The van der Waals surface area contributed by atoms with Crippen LogP contribution in [0.2, 0.25) is 0 Å². The Bertz CT molecular complexity index is 612. The zero-order valence-corrected chi connectivity index (χ0v) is 14.3. The molecule has 2 nitrogen and oxygen atoms in total. The topological polar surface area (TPSA) is 37.3 Å². The predicted octanol–water partition coefficient (Wildman–Crippen LogP) is 3.74. The van der Waals surface area contributed by atoms with Gasteiger partial charge in [0.1, 0.15) is 0 Å². The van der Waals surface area contributed by atoms with E-state index in [2.05, 4.69) is 25.8 Å². The molecule has 0 radical (unpaired) electrons. The molecule has 4 aliphatic carbocycles. The Morgan fingerprint density at radius 3 is 2.70 bits per heavy atom. The van der Waals surface area contributed by atoms with Crippen molar-refractivity contribution >= 4 is 5.78 Å². The quantitative estimate of drug-likeness (QED) is 0.546. The first-order valence-corrected chi connectivity index (χ1v) is 9.28. The Morgan fingerprint density at radius 2 is 1.96 bits per heavy atom. The smallest absolute Gasteiger partial charge is 0.153 e. The van der Waals surface area contributed by atoms with Crippen LogP contribution in [0.25, 0.3) is 0 Å². The molecule has 0 saturated heterocycles. The Morgan fingerprint density at radius 1 is 1.22 bits per heavy atom. The van der Waals surface area contributed by atoms with Crippen LogP contribution in [0, 0.1) is 46.8 Å². The highest BCUT2D eigenvalue weighted by Gasteiger charge is 2.60. The second kappa shape index (κ2) is 4.96. The van der Waals surface area contributed by atoms with Crippen LogP contribution in [0.5, 0.6) is 0 Å². The number of hydrogen-bond acceptors (Lipinski definition) is 2. The second-order valence-electron chi connectivity index (χ2n) is 8.93. The van der Waals surface area contributed by atoms with Crippen molar-refractivity contribution in [3.63, 3.8) is 0 Å². The number of carbonyl (C=O) groups excluding carboxylic acids is 1. The number of hydrogen-bond donors (Lipinski definition) is 1. The van der Waals surface area contributed by atoms with E-state index in [0.29, 0.717) is 23.5 Å². The summed E-state index contributed by atoms with van der Waals surface area (Å²) in [5, 5.41) is 10.0. The Kier molecular flexibility index (Phi) is 3.34. The van der Waals surface area contributed by atoms with Gasteiger partial charge in [-0.1, -0.05) is 31.4 Å². The van der Waals surface area contributed by atoms with Crippen LogP contribution in [0.4, 0.5) is 0 Å². The molecule has 3 fully saturated rings. The maximum absolute atomic E-state index is 12.8. The molecule has 2 heteroatoms. The van der Waals surface area contributed by atoms with Crippen molar-refractivity contribution in [1.29, 1.82) is 0 Å². The molecule has 7 atom stereocenters. The monoisotopic (exact) mass is 312 g/mol. The molecule has 1 N–H and O–H groups in total. The SMILES string of the molecule is C#C[C@@H]1C[C@H]2[C@@H]3CC=C4C[C@@H](O)CC[C@]4(C)[C@H]3CC[C@]2(C)C1=O. The van der Waals surface area contributed by atoms with Gasteiger partial charge in [-0.15, -0.1) is 6.42 Å². The number of Topliss-reactive ketones (excluding diaryl/α,β-unsaturated/α-hetero) is 1. The molecule has 0 aliphatic heterocycles. The van der Waals surface area contributed by atoms with E-state index < -0.39 is 0 Å². The summed E-state index contributed by atoms with van der Waals surface area (Å²) in [5.41, 5.74) is 1.54. The number of allylic oxidation sites excluding steroid dienone is 1. The fourth-order valence-electron chi connectivity index (χ4n) is 6.61. The van der Waals surface area contributed by atoms with Gasteiger partial charge in [-0.25, -0.2) is 0 Å². The fourth-order valence-corrected chi connectivity index (χ4v) is 6.61. The summed E-state index contributed by atoms with van der Waals surface area (Å²) in [6.07, 6.45) is 14.9. The average molecular weight is 312 g/mol. The summed E-state index contributed by atoms with van der Waals surface area (Å²) in [6, 6.07) is 0. The fraction of sp³-hybridized carbons (Fsp3) is 0.762. The van der Waals surface area contributed by atoms with Crippen molar-refractivity contribution in [3.8, 4) is 12.3 Å². The van der Waals surface area contributed by atoms with Gasteiger partial charge in [-0.2, -0.15) is 0 Å². The molecule has 0 bridgehead atoms. The normalized spacial score (nSPS) is 52.0. The summed E-state index contributed by atoms with van der Waals surface area (Å²) in [6.45, 7) is 4.60. The first kappa shape index (κ1) is 15.5. The minimum atomic E-state index is -0.186. The molecule has 0 amide bonds. The molecule has 0 spiro atoms. The van der Waals surface area contributed by atoms with Gasteiger partial charge in [-0.05, 0) is 68.1 Å². The highest BCUT2D eigenvalue weighted by atomic mass is 16.3. The summed E-state index contributed by atoms with van der Waals surface area (Å²) in [4.78, 5) is 12.8. The van der Waals surface area contributed by atoms with Gasteiger partial charge in [0.15, 0.2) is 5.78 Å². The van der Waals surface area contributed by atoms with Crippen LogP contribution >= 0.6 is 0 Å². The lowest BCUT2D eigenvalue weighted by Crippen LogP contribution is -2.50. The van der Waals surface area contributed by atoms with Gasteiger partial charge in [0.05, 0.1) is 12.0 Å². The molecular formula is C21H28O2. The molecular weight excluding hydrogens is 284 g/mol. The van der Waals surface area contributed by atoms with E-state index in [0.717, 1.165) is 44.9 Å². The number of carbonyl (C=O) groups is 1. The summed E-state index contributed by atoms with van der Waals surface area (Å²) in [5.74, 6) is 4.66. The first-order chi connectivity index (χ1) is 10.9. The van der Waals surface area contributed by atoms with Crippen molar-refractivity contribution < 1.29 is 9.90 Å². The molecule has 0 aromatic carbocycles. The van der Waals surface area contributed by atoms with Crippen LogP contribution in [0.15, 0.2) is 11.6 Å². The Balaban J connectivity index is 1.70. The molecule has 4 aliphatic rings. The van der Waals surface area contributed by atoms with Crippen LogP contribution in [-0.2, 0) is 4.79 Å². The first-order valence-electron chi connectivity index (χ1n) is 9.28. The van der Waals surface area contributed by atoms with E-state index in [4.69, 9.17) is 6.42 Å². The molecule has 0 heterocycles. The van der Waals surface area contributed by atoms with E-state index in [1.54, 1.807) is 0 Å². The summed E-state index contributed by atoms with van der Waals surface area (Å²) >= 11 is 0. The summed E-state index contributed by atoms with van der Waals surface area (Å²) < 4.78 is 0. The van der Waals surface area contributed by atoms with Crippen LogP contribution < -0.4 is 0 Å². The lowest BCUT2D eigenvalue weighted by atomic mass is 9.48. The van der Waals surface area contributed by atoms with Crippen molar-refractivity contribution in [3.05, 3.63) is 11.6 Å². The third kappa shape index (κ3) is 1.96. The van der Waals surface area contributed by atoms with Crippen molar-refractivity contribution in [2.24, 2.45) is 34.5 Å². The molecule has 0 aromatic rings. The molecule has 124 valence electrons. The van der Waals surface area contributed by atoms with Gasteiger partial charge in [0, 0.05) is 5.41 Å². The third-order valence-corrected chi connectivity index (χ3v) is 8.04. The number of aliphatic hydroxyl groups is 1. The molecule has 4 rings (SSSR count). The maximum Gasteiger partial charge on any atom is 0.153 e. The zero-order valence-electron chi connectivity index (χ0n) is 14.3. The van der Waals surface area contributed by atoms with Gasteiger partial charge in [-0.3, -0.25) is 4.79 Å². The van der Waals surface area contributed by atoms with Gasteiger partial charge < -0.3 is 5.11 Å². The van der Waals surface area contributed by atoms with E-state index in [1.165, 1.54) is 5.57 Å². The number of aliphatic hydroxyl groups excluding tert-OH is 1. The standard InChI is InChI=1S/C21H28O2/c1-4-13-11-18-16-6-5-14-12-15(22)7-9-20(14,2)17(16)8-10-21(18,3)19(13)23/h1,5,13,15-18,22H,6-12H2,2-3H3/t13-,15+,16-,17+,18+,20+,21+/m1/s1. The number of rotatable bonds is 0. The van der Waals surface area contributed by atoms with Crippen molar-refractivity contribution in [1.82, 2.24) is 0 Å². The molecule has 23 heavy (non-hydrogen) atoms. The van der Waals surface area contributed by atoms with Crippen molar-refractivity contribution in [2.75, 3.05) is 0 Å². The van der Waals surface area contributed by atoms with Crippen molar-refractivity contribution in [2.45, 2.75) is 64.9 Å². The van der Waals surface area contributed by atoms with Gasteiger partial charge in [0.25, 0.3) is 0 Å². The maximum atomic E-state index is 12.8. The van der Waals surface area contributed by atoms with Crippen LogP contribution in [0.1, 0.15) is 58.8 Å². The molecule has 3 saturated carbocycles. The van der Waals surface area contributed by atoms with E-state index >= 15 is 0 Å². The lowest BCUT2D eigenvalue weighted by molar-refractivity contribution is -0.133.